The van der Waals surface area contributed by atoms with Crippen molar-refractivity contribution < 1.29 is 32.8 Å². The molecule has 98 valence electrons. The Morgan fingerprint density at radius 2 is 1.22 bits per heavy atom. The van der Waals surface area contributed by atoms with Crippen LogP contribution in [-0.2, 0) is 10.1 Å². The first kappa shape index (κ1) is 15.8. The zero-order valence-electron chi connectivity index (χ0n) is 8.98. The second kappa shape index (κ2) is 6.52. The number of rotatable bonds is 3. The number of aromatic carboxylic acids is 2. The van der Waals surface area contributed by atoms with Crippen LogP contribution in [0.2, 0.25) is 0 Å². The molecule has 0 atom stereocenters. The van der Waals surface area contributed by atoms with Gasteiger partial charge in [-0.3, -0.25) is 4.55 Å². The lowest BCUT2D eigenvalue weighted by molar-refractivity contribution is 0.0681. The lowest BCUT2D eigenvalue weighted by Gasteiger charge is -1.94. The normalized spacial score (nSPS) is 9.83. The Hall–Kier alpha value is -2.19. The summed E-state index contributed by atoms with van der Waals surface area (Å²) in [4.78, 5) is 20.7. The topological polar surface area (TPSA) is 129 Å². The molecule has 1 rings (SSSR count). The molecular weight excluding hydrogens is 264 g/mol. The van der Waals surface area contributed by atoms with Crippen LogP contribution in [0.5, 0.6) is 0 Å². The molecule has 1 aromatic carbocycles. The van der Waals surface area contributed by atoms with Gasteiger partial charge in [0.15, 0.2) is 0 Å². The van der Waals surface area contributed by atoms with Gasteiger partial charge in [-0.25, -0.2) is 9.59 Å². The molecule has 0 amide bonds. The lowest BCUT2D eigenvalue weighted by Crippen LogP contribution is -1.99. The molecule has 0 bridgehead atoms. The highest BCUT2D eigenvalue weighted by Crippen LogP contribution is 2.03. The van der Waals surface area contributed by atoms with Crippen molar-refractivity contribution in [1.82, 2.24) is 0 Å². The molecule has 7 nitrogen and oxygen atoms in total. The molecule has 8 heteroatoms. The molecule has 0 saturated carbocycles. The molecule has 0 aliphatic heterocycles. The standard InChI is InChI=1S/C8H6O4.C2H4O3S/c9-7(10)5-1-2-6(4-3-5)8(11)12;1-2-6(3,4)5/h1-4H,(H,9,10)(H,11,12);2H,1H2,(H,3,4,5). The van der Waals surface area contributed by atoms with Crippen molar-refractivity contribution in [2.24, 2.45) is 0 Å². The van der Waals surface area contributed by atoms with E-state index in [-0.39, 0.29) is 11.1 Å². The fourth-order valence-electron chi connectivity index (χ4n) is 0.755. The van der Waals surface area contributed by atoms with Gasteiger partial charge in [-0.15, -0.1) is 0 Å². The zero-order chi connectivity index (χ0) is 14.3. The van der Waals surface area contributed by atoms with Gasteiger partial charge in [-0.05, 0) is 24.3 Å². The van der Waals surface area contributed by atoms with Gasteiger partial charge in [0.25, 0.3) is 10.1 Å². The van der Waals surface area contributed by atoms with Crippen LogP contribution in [-0.4, -0.2) is 35.1 Å². The quantitative estimate of drug-likeness (QED) is 0.703. The second-order valence-electron chi connectivity index (χ2n) is 2.87. The third kappa shape index (κ3) is 6.40. The van der Waals surface area contributed by atoms with Crippen LogP contribution >= 0.6 is 0 Å². The number of hydrogen-bond donors (Lipinski definition) is 3. The average molecular weight is 274 g/mol. The maximum Gasteiger partial charge on any atom is 0.335 e. The molecule has 0 aliphatic rings. The minimum atomic E-state index is -3.90. The molecule has 0 radical (unpaired) electrons. The Balaban J connectivity index is 0.000000411. The fraction of sp³-hybridized carbons (Fsp3) is 0. The van der Waals surface area contributed by atoms with E-state index in [1.165, 1.54) is 24.3 Å². The van der Waals surface area contributed by atoms with Crippen molar-refractivity contribution >= 4 is 22.1 Å². The first-order valence-electron chi connectivity index (χ1n) is 4.34. The lowest BCUT2D eigenvalue weighted by atomic mass is 10.1. The van der Waals surface area contributed by atoms with Crippen molar-refractivity contribution in [2.75, 3.05) is 0 Å². The van der Waals surface area contributed by atoms with Gasteiger partial charge < -0.3 is 10.2 Å². The molecule has 0 aromatic heterocycles. The van der Waals surface area contributed by atoms with E-state index in [4.69, 9.17) is 14.8 Å². The summed E-state index contributed by atoms with van der Waals surface area (Å²) in [5.41, 5.74) is 0.167. The van der Waals surface area contributed by atoms with Crippen LogP contribution in [0.3, 0.4) is 0 Å². The Bertz CT molecular complexity index is 497. The van der Waals surface area contributed by atoms with E-state index in [0.717, 1.165) is 0 Å². The van der Waals surface area contributed by atoms with E-state index in [1.54, 1.807) is 0 Å². The van der Waals surface area contributed by atoms with E-state index in [0.29, 0.717) is 5.41 Å². The smallest absolute Gasteiger partial charge is 0.335 e. The van der Waals surface area contributed by atoms with Crippen molar-refractivity contribution in [3.8, 4) is 0 Å². The van der Waals surface area contributed by atoms with Gasteiger partial charge in [-0.1, -0.05) is 6.58 Å². The van der Waals surface area contributed by atoms with Crippen LogP contribution < -0.4 is 0 Å². The van der Waals surface area contributed by atoms with E-state index in [2.05, 4.69) is 6.58 Å². The van der Waals surface area contributed by atoms with Crippen molar-refractivity contribution in [2.45, 2.75) is 0 Å². The van der Waals surface area contributed by atoms with Crippen LogP contribution in [0.15, 0.2) is 36.3 Å². The fourth-order valence-corrected chi connectivity index (χ4v) is 0.755. The van der Waals surface area contributed by atoms with Crippen LogP contribution in [0.1, 0.15) is 20.7 Å². The first-order chi connectivity index (χ1) is 8.17. The van der Waals surface area contributed by atoms with Crippen LogP contribution in [0.25, 0.3) is 0 Å². The zero-order valence-corrected chi connectivity index (χ0v) is 9.79. The van der Waals surface area contributed by atoms with Crippen molar-refractivity contribution in [3.63, 3.8) is 0 Å². The van der Waals surface area contributed by atoms with E-state index in [9.17, 15) is 18.0 Å². The molecule has 1 aromatic rings. The predicted molar refractivity (Wildman–Crippen MR) is 62.1 cm³/mol. The molecule has 3 N–H and O–H groups in total. The number of benzene rings is 1. The Kier molecular flexibility index (Phi) is 5.73. The molecule has 0 heterocycles. The van der Waals surface area contributed by atoms with Gasteiger partial charge in [0.05, 0.1) is 16.5 Å². The van der Waals surface area contributed by atoms with Gasteiger partial charge in [-0.2, -0.15) is 8.42 Å². The summed E-state index contributed by atoms with van der Waals surface area (Å²) in [6.45, 7) is 2.79. The Morgan fingerprint density at radius 1 is 1.00 bits per heavy atom. The Labute approximate surface area is 103 Å². The predicted octanol–water partition coefficient (Wildman–Crippen LogP) is 1.10. The molecule has 0 unspecified atom stereocenters. The monoisotopic (exact) mass is 274 g/mol. The SMILES string of the molecule is C=CS(=O)(=O)O.O=C(O)c1ccc(C(=O)O)cc1. The summed E-state index contributed by atoms with van der Waals surface area (Å²) in [5.74, 6) is -2.13. The highest BCUT2D eigenvalue weighted by atomic mass is 32.2. The molecule has 18 heavy (non-hydrogen) atoms. The number of hydrogen-bond acceptors (Lipinski definition) is 4. The van der Waals surface area contributed by atoms with Crippen molar-refractivity contribution in [3.05, 3.63) is 47.4 Å². The summed E-state index contributed by atoms with van der Waals surface area (Å²) >= 11 is 0. The summed E-state index contributed by atoms with van der Waals surface area (Å²) in [5, 5.41) is 17.4. The average Bonchev–Trinajstić information content (AvgIpc) is 2.29. The van der Waals surface area contributed by atoms with E-state index < -0.39 is 22.1 Å². The van der Waals surface area contributed by atoms with Gasteiger partial charge in [0, 0.05) is 0 Å². The summed E-state index contributed by atoms with van der Waals surface area (Å²) in [7, 11) is -3.90. The first-order valence-corrected chi connectivity index (χ1v) is 5.84. The minimum Gasteiger partial charge on any atom is -0.478 e. The van der Waals surface area contributed by atoms with Crippen LogP contribution in [0.4, 0.5) is 0 Å². The van der Waals surface area contributed by atoms with E-state index in [1.807, 2.05) is 0 Å². The van der Waals surface area contributed by atoms with Gasteiger partial charge in [0.1, 0.15) is 0 Å². The maximum atomic E-state index is 10.3. The molecule has 0 spiro atoms. The third-order valence-electron chi connectivity index (χ3n) is 1.59. The van der Waals surface area contributed by atoms with Crippen molar-refractivity contribution in [1.29, 1.82) is 0 Å². The molecule has 0 aliphatic carbocycles. The largest absolute Gasteiger partial charge is 0.478 e. The second-order valence-corrected chi connectivity index (χ2v) is 4.23. The molecular formula is C10H10O7S. The van der Waals surface area contributed by atoms with Gasteiger partial charge in [0.2, 0.25) is 0 Å². The van der Waals surface area contributed by atoms with Gasteiger partial charge >= 0.3 is 11.9 Å². The highest BCUT2D eigenvalue weighted by molar-refractivity contribution is 7.88. The number of carboxylic acid groups (broad SMARTS) is 2. The number of carboxylic acids is 2. The molecule has 0 saturated heterocycles. The highest BCUT2D eigenvalue weighted by Gasteiger charge is 2.04. The third-order valence-corrected chi connectivity index (χ3v) is 2.01. The minimum absolute atomic E-state index is 0.0833. The van der Waals surface area contributed by atoms with E-state index >= 15 is 0 Å². The summed E-state index contributed by atoms with van der Waals surface area (Å²) in [6, 6.07) is 5.02. The summed E-state index contributed by atoms with van der Waals surface area (Å²) < 4.78 is 26.6. The Morgan fingerprint density at radius 3 is 1.33 bits per heavy atom. The van der Waals surface area contributed by atoms with Crippen LogP contribution in [0, 0.1) is 0 Å². The maximum absolute atomic E-state index is 10.3. The number of carbonyl (C=O) groups is 2. The molecule has 0 fully saturated rings. The summed E-state index contributed by atoms with van der Waals surface area (Å²) in [6.07, 6.45) is 0.